The van der Waals surface area contributed by atoms with E-state index in [0.29, 0.717) is 28.7 Å². The second kappa shape index (κ2) is 7.96. The number of hydrogen-bond acceptors (Lipinski definition) is 4. The molecule has 0 radical (unpaired) electrons. The number of carbonyl (C=O) groups excluding carboxylic acids is 1. The van der Waals surface area contributed by atoms with Gasteiger partial charge in [0, 0.05) is 31.7 Å². The molecule has 1 aromatic rings. The lowest BCUT2D eigenvalue weighted by Crippen LogP contribution is -2.49. The normalized spacial score (nSPS) is 17.9. The number of carbonyl (C=O) groups is 1. The van der Waals surface area contributed by atoms with Crippen LogP contribution >= 0.6 is 15.9 Å². The summed E-state index contributed by atoms with van der Waals surface area (Å²) >= 11 is 3.21. The average molecular weight is 359 g/mol. The quantitative estimate of drug-likeness (QED) is 0.848. The van der Waals surface area contributed by atoms with Gasteiger partial charge in [0.15, 0.2) is 4.67 Å². The van der Waals surface area contributed by atoms with Crippen LogP contribution < -0.4 is 5.32 Å². The zero-order valence-corrected chi connectivity index (χ0v) is 14.2. The summed E-state index contributed by atoms with van der Waals surface area (Å²) < 4.78 is 11.1. The minimum Gasteiger partial charge on any atom is -0.457 e. The Hall–Kier alpha value is -0.850. The molecule has 1 aromatic heterocycles. The number of halogens is 1. The largest absolute Gasteiger partial charge is 0.457 e. The van der Waals surface area contributed by atoms with Crippen LogP contribution in [0.15, 0.2) is 21.4 Å². The van der Waals surface area contributed by atoms with Gasteiger partial charge in [-0.2, -0.15) is 0 Å². The van der Waals surface area contributed by atoms with Crippen molar-refractivity contribution >= 4 is 21.8 Å². The Balaban J connectivity index is 1.90. The maximum absolute atomic E-state index is 12.1. The number of nitrogens with one attached hydrogen (secondary N) is 1. The minimum atomic E-state index is -0.0912. The summed E-state index contributed by atoms with van der Waals surface area (Å²) in [6.07, 6.45) is 2.53. The number of morpholine rings is 1. The Labute approximate surface area is 134 Å². The van der Waals surface area contributed by atoms with Crippen LogP contribution in [0.1, 0.15) is 30.6 Å². The lowest BCUT2D eigenvalue weighted by atomic mass is 10.0. The van der Waals surface area contributed by atoms with E-state index in [1.165, 1.54) is 6.26 Å². The Morgan fingerprint density at radius 3 is 2.71 bits per heavy atom. The molecule has 0 saturated carbocycles. The van der Waals surface area contributed by atoms with Gasteiger partial charge in [-0.05, 0) is 28.3 Å². The van der Waals surface area contributed by atoms with Crippen molar-refractivity contribution in [2.45, 2.75) is 26.3 Å². The fourth-order valence-corrected chi connectivity index (χ4v) is 2.93. The molecule has 118 valence electrons. The first-order valence-corrected chi connectivity index (χ1v) is 8.19. The summed E-state index contributed by atoms with van der Waals surface area (Å²) in [4.78, 5) is 14.5. The van der Waals surface area contributed by atoms with E-state index in [2.05, 4.69) is 40.0 Å². The summed E-state index contributed by atoms with van der Waals surface area (Å²) in [5.41, 5.74) is 0.548. The average Bonchev–Trinajstić information content (AvgIpc) is 2.90. The standard InChI is InChI=1S/C15H23BrN2O3/c1-11(2)7-13(18-3-5-20-6-4-18)9-17-15(19)12-8-14(16)21-10-12/h8,10-11,13H,3-7,9H2,1-2H3,(H,17,19). The van der Waals surface area contributed by atoms with Crippen molar-refractivity contribution < 1.29 is 13.9 Å². The lowest BCUT2D eigenvalue weighted by molar-refractivity contribution is 0.0124. The predicted octanol–water partition coefficient (Wildman–Crippen LogP) is 2.52. The van der Waals surface area contributed by atoms with Crippen LogP contribution in [-0.4, -0.2) is 49.7 Å². The number of nitrogens with zero attached hydrogens (tertiary/aromatic N) is 1. The van der Waals surface area contributed by atoms with E-state index >= 15 is 0 Å². The van der Waals surface area contributed by atoms with E-state index in [0.717, 1.165) is 32.7 Å². The van der Waals surface area contributed by atoms with Crippen LogP contribution in [0.4, 0.5) is 0 Å². The van der Waals surface area contributed by atoms with E-state index in [4.69, 9.17) is 9.15 Å². The van der Waals surface area contributed by atoms with Gasteiger partial charge in [0.1, 0.15) is 6.26 Å². The van der Waals surface area contributed by atoms with E-state index in [-0.39, 0.29) is 5.91 Å². The van der Waals surface area contributed by atoms with Crippen molar-refractivity contribution in [3.63, 3.8) is 0 Å². The summed E-state index contributed by atoms with van der Waals surface area (Å²) in [6.45, 7) is 8.49. The molecule has 5 nitrogen and oxygen atoms in total. The van der Waals surface area contributed by atoms with Gasteiger partial charge in [0.05, 0.1) is 18.8 Å². The molecule has 1 N–H and O–H groups in total. The van der Waals surface area contributed by atoms with E-state index in [9.17, 15) is 4.79 Å². The zero-order chi connectivity index (χ0) is 15.2. The topological polar surface area (TPSA) is 54.7 Å². The number of ether oxygens (including phenoxy) is 1. The molecule has 0 bridgehead atoms. The van der Waals surface area contributed by atoms with Gasteiger partial charge in [0.2, 0.25) is 0 Å². The maximum Gasteiger partial charge on any atom is 0.254 e. The van der Waals surface area contributed by atoms with Crippen molar-refractivity contribution in [3.05, 3.63) is 22.6 Å². The Bertz CT molecular complexity index is 456. The van der Waals surface area contributed by atoms with Crippen LogP contribution in [0.25, 0.3) is 0 Å². The SMILES string of the molecule is CC(C)CC(CNC(=O)c1coc(Br)c1)N1CCOCC1. The summed E-state index contributed by atoms with van der Waals surface area (Å²) in [5, 5.41) is 3.01. The molecule has 0 aliphatic carbocycles. The van der Waals surface area contributed by atoms with E-state index < -0.39 is 0 Å². The fourth-order valence-electron chi connectivity index (χ4n) is 2.59. The number of rotatable bonds is 6. The zero-order valence-electron chi connectivity index (χ0n) is 12.6. The van der Waals surface area contributed by atoms with Gasteiger partial charge >= 0.3 is 0 Å². The third-order valence-corrected chi connectivity index (χ3v) is 4.05. The predicted molar refractivity (Wildman–Crippen MR) is 84.4 cm³/mol. The van der Waals surface area contributed by atoms with E-state index in [1.54, 1.807) is 6.07 Å². The third kappa shape index (κ3) is 5.13. The molecule has 1 amide bonds. The number of hydrogen-bond donors (Lipinski definition) is 1. The van der Waals surface area contributed by atoms with Gasteiger partial charge < -0.3 is 14.5 Å². The second-order valence-electron chi connectivity index (χ2n) is 5.78. The summed E-state index contributed by atoms with van der Waals surface area (Å²) in [6, 6.07) is 2.04. The molecular weight excluding hydrogens is 336 g/mol. The van der Waals surface area contributed by atoms with Crippen LogP contribution in [0, 0.1) is 5.92 Å². The van der Waals surface area contributed by atoms with Crippen LogP contribution in [-0.2, 0) is 4.74 Å². The molecule has 1 unspecified atom stereocenters. The van der Waals surface area contributed by atoms with Gasteiger partial charge in [-0.3, -0.25) is 9.69 Å². The Kier molecular flexibility index (Phi) is 6.26. The Morgan fingerprint density at radius 1 is 1.43 bits per heavy atom. The molecule has 0 spiro atoms. The molecule has 1 fully saturated rings. The molecule has 1 aliphatic heterocycles. The number of furan rings is 1. The summed E-state index contributed by atoms with van der Waals surface area (Å²) in [5.74, 6) is 0.504. The molecule has 1 atom stereocenters. The molecular formula is C15H23BrN2O3. The van der Waals surface area contributed by atoms with Gasteiger partial charge in [0.25, 0.3) is 5.91 Å². The van der Waals surface area contributed by atoms with Crippen molar-refractivity contribution in [1.29, 1.82) is 0 Å². The first-order chi connectivity index (χ1) is 10.1. The smallest absolute Gasteiger partial charge is 0.254 e. The Morgan fingerprint density at radius 2 is 2.14 bits per heavy atom. The van der Waals surface area contributed by atoms with Crippen LogP contribution in [0.2, 0.25) is 0 Å². The molecule has 2 heterocycles. The van der Waals surface area contributed by atoms with Crippen molar-refractivity contribution in [2.24, 2.45) is 5.92 Å². The monoisotopic (exact) mass is 358 g/mol. The van der Waals surface area contributed by atoms with Crippen molar-refractivity contribution in [1.82, 2.24) is 10.2 Å². The molecule has 1 saturated heterocycles. The highest BCUT2D eigenvalue weighted by atomic mass is 79.9. The highest BCUT2D eigenvalue weighted by Gasteiger charge is 2.22. The maximum atomic E-state index is 12.1. The van der Waals surface area contributed by atoms with Crippen LogP contribution in [0.3, 0.4) is 0 Å². The summed E-state index contributed by atoms with van der Waals surface area (Å²) in [7, 11) is 0. The second-order valence-corrected chi connectivity index (χ2v) is 6.56. The molecule has 2 rings (SSSR count). The fraction of sp³-hybridized carbons (Fsp3) is 0.667. The molecule has 1 aliphatic rings. The molecule has 21 heavy (non-hydrogen) atoms. The van der Waals surface area contributed by atoms with E-state index in [1.807, 2.05) is 0 Å². The number of amides is 1. The first kappa shape index (κ1) is 16.5. The van der Waals surface area contributed by atoms with Crippen molar-refractivity contribution in [3.8, 4) is 0 Å². The highest BCUT2D eigenvalue weighted by Crippen LogP contribution is 2.15. The minimum absolute atomic E-state index is 0.0912. The van der Waals surface area contributed by atoms with Crippen molar-refractivity contribution in [2.75, 3.05) is 32.8 Å². The van der Waals surface area contributed by atoms with Gasteiger partial charge in [-0.1, -0.05) is 13.8 Å². The lowest BCUT2D eigenvalue weighted by Gasteiger charge is -2.35. The highest BCUT2D eigenvalue weighted by molar-refractivity contribution is 9.10. The van der Waals surface area contributed by atoms with Gasteiger partial charge in [-0.25, -0.2) is 0 Å². The first-order valence-electron chi connectivity index (χ1n) is 7.40. The van der Waals surface area contributed by atoms with Crippen LogP contribution in [0.5, 0.6) is 0 Å². The van der Waals surface area contributed by atoms with Gasteiger partial charge in [-0.15, -0.1) is 0 Å². The molecule has 6 heteroatoms. The third-order valence-electron chi connectivity index (χ3n) is 3.63. The molecule has 0 aromatic carbocycles.